The molecule has 1 aliphatic carbocycles. The summed E-state index contributed by atoms with van der Waals surface area (Å²) in [5, 5.41) is 0. The lowest BCUT2D eigenvalue weighted by molar-refractivity contribution is -0.137. The van der Waals surface area contributed by atoms with Gasteiger partial charge in [0.2, 0.25) is 0 Å². The minimum atomic E-state index is -0.452. The molecule has 1 saturated carbocycles. The van der Waals surface area contributed by atoms with Gasteiger partial charge in [0.1, 0.15) is 0 Å². The minimum absolute atomic E-state index is 0.298. The van der Waals surface area contributed by atoms with Gasteiger partial charge in [-0.25, -0.2) is 4.79 Å². The first-order valence-electron chi connectivity index (χ1n) is 8.98. The SMILES string of the molecule is CCOC(=O)/C=C(\CC1CCCCC1)B1OC(C)(C)C(C)(C)O1. The molecular weight excluding hydrogens is 291 g/mol. The third kappa shape index (κ3) is 4.60. The molecule has 1 heterocycles. The van der Waals surface area contributed by atoms with E-state index in [1.807, 2.05) is 34.6 Å². The summed E-state index contributed by atoms with van der Waals surface area (Å²) >= 11 is 0. The van der Waals surface area contributed by atoms with Gasteiger partial charge in [-0.3, -0.25) is 0 Å². The van der Waals surface area contributed by atoms with E-state index < -0.39 is 18.3 Å². The van der Waals surface area contributed by atoms with Gasteiger partial charge in [-0.05, 0) is 52.4 Å². The summed E-state index contributed by atoms with van der Waals surface area (Å²) in [6.07, 6.45) is 8.78. The van der Waals surface area contributed by atoms with Crippen LogP contribution in [0.4, 0.5) is 0 Å². The Morgan fingerprint density at radius 1 is 1.13 bits per heavy atom. The van der Waals surface area contributed by atoms with E-state index in [9.17, 15) is 4.79 Å². The number of esters is 1. The van der Waals surface area contributed by atoms with Crippen molar-refractivity contribution in [3.05, 3.63) is 11.5 Å². The van der Waals surface area contributed by atoms with Crippen LogP contribution in [0.2, 0.25) is 0 Å². The van der Waals surface area contributed by atoms with E-state index in [1.54, 1.807) is 6.08 Å². The number of allylic oxidation sites excluding steroid dienone is 1. The molecule has 2 rings (SSSR count). The van der Waals surface area contributed by atoms with Gasteiger partial charge in [-0.2, -0.15) is 0 Å². The highest BCUT2D eigenvalue weighted by atomic mass is 16.7. The van der Waals surface area contributed by atoms with E-state index in [4.69, 9.17) is 14.0 Å². The molecule has 1 saturated heterocycles. The largest absolute Gasteiger partial charge is 0.490 e. The summed E-state index contributed by atoms with van der Waals surface area (Å²) in [7, 11) is -0.452. The van der Waals surface area contributed by atoms with Crippen molar-refractivity contribution in [1.82, 2.24) is 0 Å². The lowest BCUT2D eigenvalue weighted by Gasteiger charge is -2.32. The van der Waals surface area contributed by atoms with Crippen LogP contribution in [0.5, 0.6) is 0 Å². The van der Waals surface area contributed by atoms with Gasteiger partial charge in [-0.1, -0.05) is 32.1 Å². The first kappa shape index (κ1) is 18.5. The van der Waals surface area contributed by atoms with Gasteiger partial charge >= 0.3 is 13.1 Å². The highest BCUT2D eigenvalue weighted by molar-refractivity contribution is 6.55. The van der Waals surface area contributed by atoms with Crippen molar-refractivity contribution in [1.29, 1.82) is 0 Å². The van der Waals surface area contributed by atoms with Gasteiger partial charge in [0.05, 0.1) is 17.8 Å². The Morgan fingerprint density at radius 3 is 2.22 bits per heavy atom. The molecule has 130 valence electrons. The van der Waals surface area contributed by atoms with Crippen LogP contribution in [-0.4, -0.2) is 30.9 Å². The molecule has 0 atom stereocenters. The molecule has 0 radical (unpaired) electrons. The maximum atomic E-state index is 12.0. The Labute approximate surface area is 141 Å². The molecule has 0 aromatic rings. The van der Waals surface area contributed by atoms with Crippen LogP contribution in [0.25, 0.3) is 0 Å². The van der Waals surface area contributed by atoms with Crippen molar-refractivity contribution in [3.8, 4) is 0 Å². The van der Waals surface area contributed by atoms with Crippen LogP contribution in [-0.2, 0) is 18.8 Å². The Kier molecular flexibility index (Phi) is 5.96. The van der Waals surface area contributed by atoms with E-state index in [0.29, 0.717) is 12.5 Å². The Bertz CT molecular complexity index is 434. The maximum Gasteiger partial charge on any atom is 0.490 e. The van der Waals surface area contributed by atoms with E-state index in [0.717, 1.165) is 11.9 Å². The molecule has 4 nitrogen and oxygen atoms in total. The molecule has 23 heavy (non-hydrogen) atoms. The fraction of sp³-hybridized carbons (Fsp3) is 0.833. The molecule has 0 amide bonds. The van der Waals surface area contributed by atoms with Gasteiger partial charge < -0.3 is 14.0 Å². The number of carbonyl (C=O) groups is 1. The Hall–Kier alpha value is -0.805. The number of hydrogen-bond acceptors (Lipinski definition) is 4. The highest BCUT2D eigenvalue weighted by Gasteiger charge is 2.52. The van der Waals surface area contributed by atoms with Crippen LogP contribution in [0.3, 0.4) is 0 Å². The van der Waals surface area contributed by atoms with Gasteiger partial charge in [-0.15, -0.1) is 0 Å². The van der Waals surface area contributed by atoms with Crippen LogP contribution in [0.15, 0.2) is 11.5 Å². The molecular formula is C18H31BO4. The van der Waals surface area contributed by atoms with Crippen molar-refractivity contribution < 1.29 is 18.8 Å². The third-order valence-corrected chi connectivity index (χ3v) is 5.39. The molecule has 5 heteroatoms. The summed E-state index contributed by atoms with van der Waals surface area (Å²) in [6, 6.07) is 0. The smallest absolute Gasteiger partial charge is 0.463 e. The zero-order chi connectivity index (χ0) is 17.1. The Balaban J connectivity index is 2.15. The fourth-order valence-electron chi connectivity index (χ4n) is 3.28. The minimum Gasteiger partial charge on any atom is -0.463 e. The first-order chi connectivity index (χ1) is 10.7. The predicted octanol–water partition coefficient (Wildman–Crippen LogP) is 4.08. The third-order valence-electron chi connectivity index (χ3n) is 5.39. The normalized spacial score (nSPS) is 24.7. The molecule has 0 spiro atoms. The second-order valence-electron chi connectivity index (χ2n) is 7.77. The van der Waals surface area contributed by atoms with Crippen molar-refractivity contribution >= 4 is 13.1 Å². The summed E-state index contributed by atoms with van der Waals surface area (Å²) in [6.45, 7) is 10.4. The summed E-state index contributed by atoms with van der Waals surface area (Å²) in [5.74, 6) is 0.316. The lowest BCUT2D eigenvalue weighted by Crippen LogP contribution is -2.41. The highest BCUT2D eigenvalue weighted by Crippen LogP contribution is 2.40. The first-order valence-corrected chi connectivity index (χ1v) is 8.98. The van der Waals surface area contributed by atoms with E-state index in [1.165, 1.54) is 32.1 Å². The zero-order valence-corrected chi connectivity index (χ0v) is 15.3. The zero-order valence-electron chi connectivity index (χ0n) is 15.3. The monoisotopic (exact) mass is 322 g/mol. The average molecular weight is 322 g/mol. The van der Waals surface area contributed by atoms with E-state index in [-0.39, 0.29) is 5.97 Å². The van der Waals surface area contributed by atoms with Gasteiger partial charge in [0.15, 0.2) is 0 Å². The van der Waals surface area contributed by atoms with Crippen LogP contribution < -0.4 is 0 Å². The predicted molar refractivity (Wildman–Crippen MR) is 92.0 cm³/mol. The van der Waals surface area contributed by atoms with Gasteiger partial charge in [0, 0.05) is 6.08 Å². The van der Waals surface area contributed by atoms with Crippen LogP contribution in [0, 0.1) is 5.92 Å². The Morgan fingerprint density at radius 2 is 1.70 bits per heavy atom. The molecule has 0 aromatic heterocycles. The van der Waals surface area contributed by atoms with Crippen molar-refractivity contribution in [2.45, 2.75) is 84.3 Å². The molecule has 1 aliphatic heterocycles. The van der Waals surface area contributed by atoms with Crippen molar-refractivity contribution in [2.75, 3.05) is 6.61 Å². The fourth-order valence-corrected chi connectivity index (χ4v) is 3.28. The summed E-state index contributed by atoms with van der Waals surface area (Å²) in [4.78, 5) is 12.0. The topological polar surface area (TPSA) is 44.8 Å². The van der Waals surface area contributed by atoms with Gasteiger partial charge in [0.25, 0.3) is 0 Å². The van der Waals surface area contributed by atoms with Crippen LogP contribution in [0.1, 0.15) is 73.1 Å². The lowest BCUT2D eigenvalue weighted by atomic mass is 9.71. The second-order valence-corrected chi connectivity index (χ2v) is 7.77. The number of rotatable bonds is 5. The molecule has 0 bridgehead atoms. The maximum absolute atomic E-state index is 12.0. The van der Waals surface area contributed by atoms with E-state index >= 15 is 0 Å². The standard InChI is InChI=1S/C18H31BO4/c1-6-21-16(20)13-15(12-14-10-8-7-9-11-14)19-22-17(2,3)18(4,5)23-19/h13-14H,6-12H2,1-5H3/b15-13+. The average Bonchev–Trinajstić information content (AvgIpc) is 2.68. The molecule has 2 fully saturated rings. The number of carbonyl (C=O) groups excluding carboxylic acids is 1. The molecule has 0 N–H and O–H groups in total. The van der Waals surface area contributed by atoms with E-state index in [2.05, 4.69) is 0 Å². The van der Waals surface area contributed by atoms with Crippen molar-refractivity contribution in [2.24, 2.45) is 5.92 Å². The molecule has 0 unspecified atom stereocenters. The summed E-state index contributed by atoms with van der Waals surface area (Å²) < 4.78 is 17.4. The molecule has 2 aliphatic rings. The van der Waals surface area contributed by atoms with Crippen molar-refractivity contribution in [3.63, 3.8) is 0 Å². The number of hydrogen-bond donors (Lipinski definition) is 0. The van der Waals surface area contributed by atoms with Crippen LogP contribution >= 0.6 is 0 Å². The second kappa shape index (κ2) is 7.39. The quantitative estimate of drug-likeness (QED) is 0.435. The number of ether oxygens (including phenoxy) is 1. The molecule has 0 aromatic carbocycles. The summed E-state index contributed by atoms with van der Waals surface area (Å²) in [5.41, 5.74) is 0.143.